The first-order valence-electron chi connectivity index (χ1n) is 11.4. The number of para-hydroxylation sites is 1. The maximum atomic E-state index is 15.0. The maximum absolute atomic E-state index is 15.0. The van der Waals surface area contributed by atoms with Crippen molar-refractivity contribution in [1.29, 1.82) is 0 Å². The molecule has 0 bridgehead atoms. The predicted molar refractivity (Wildman–Crippen MR) is 132 cm³/mol. The van der Waals surface area contributed by atoms with Crippen LogP contribution >= 0.6 is 11.6 Å². The highest BCUT2D eigenvalue weighted by atomic mass is 35.5. The molecule has 2 atom stereocenters. The number of pyridine rings is 1. The lowest BCUT2D eigenvalue weighted by Crippen LogP contribution is -2.48. The fourth-order valence-corrected chi connectivity index (χ4v) is 4.51. The van der Waals surface area contributed by atoms with Gasteiger partial charge < -0.3 is 5.32 Å². The van der Waals surface area contributed by atoms with E-state index in [2.05, 4.69) is 15.3 Å². The summed E-state index contributed by atoms with van der Waals surface area (Å²) >= 11 is 6.23. The van der Waals surface area contributed by atoms with Gasteiger partial charge in [0.1, 0.15) is 11.6 Å². The fraction of sp³-hybridized carbons (Fsp3) is 0.0769. The Bertz CT molecular complexity index is 1510. The number of amides is 1. The molecule has 3 aromatic rings. The van der Waals surface area contributed by atoms with E-state index in [4.69, 9.17) is 18.0 Å². The van der Waals surface area contributed by atoms with Gasteiger partial charge in [-0.3, -0.25) is 19.8 Å². The van der Waals surface area contributed by atoms with Crippen molar-refractivity contribution >= 4 is 35.1 Å². The highest BCUT2D eigenvalue weighted by Crippen LogP contribution is 2.39. The van der Waals surface area contributed by atoms with Gasteiger partial charge in [0.25, 0.3) is 5.91 Å². The average Bonchev–Trinajstić information content (AvgIpc) is 3.09. The second kappa shape index (κ2) is 8.57. The molecule has 0 radical (unpaired) electrons. The highest BCUT2D eigenvalue weighted by molar-refractivity contribution is 6.30. The zero-order valence-electron chi connectivity index (χ0n) is 19.1. The summed E-state index contributed by atoms with van der Waals surface area (Å²) in [7, 11) is 0. The first-order valence-corrected chi connectivity index (χ1v) is 11.2. The molecule has 172 valence electrons. The molecule has 2 aromatic carbocycles. The molecular formula is C26H18ClFN6O. The van der Waals surface area contributed by atoms with Gasteiger partial charge in [0.05, 0.1) is 23.8 Å². The van der Waals surface area contributed by atoms with Gasteiger partial charge in [-0.05, 0) is 29.8 Å². The van der Waals surface area contributed by atoms with E-state index < -0.39 is 23.9 Å². The third-order valence-corrected chi connectivity index (χ3v) is 6.06. The Morgan fingerprint density at radius 3 is 2.80 bits per heavy atom. The molecule has 1 aromatic heterocycles. The zero-order chi connectivity index (χ0) is 24.8. The summed E-state index contributed by atoms with van der Waals surface area (Å²) in [6.45, 7) is 0. The summed E-state index contributed by atoms with van der Waals surface area (Å²) in [4.78, 5) is 27.1. The van der Waals surface area contributed by atoms with Gasteiger partial charge in [0.2, 0.25) is 0 Å². The quantitative estimate of drug-likeness (QED) is 0.583. The number of nitrogens with zero attached hydrogens (tertiary/aromatic N) is 5. The smallest absolute Gasteiger partial charge is 0.266 e. The van der Waals surface area contributed by atoms with Crippen molar-refractivity contribution in [1.82, 2.24) is 15.0 Å². The fourth-order valence-electron chi connectivity index (χ4n) is 4.33. The highest BCUT2D eigenvalue weighted by Gasteiger charge is 2.43. The van der Waals surface area contributed by atoms with Crippen molar-refractivity contribution in [3.8, 4) is 0 Å². The van der Waals surface area contributed by atoms with Crippen LogP contribution in [-0.2, 0) is 4.79 Å². The summed E-state index contributed by atoms with van der Waals surface area (Å²) in [5.41, 5.74) is 2.27. The number of benzene rings is 2. The lowest BCUT2D eigenvalue weighted by Gasteiger charge is -2.36. The van der Waals surface area contributed by atoms with Gasteiger partial charge >= 0.3 is 0 Å². The number of anilines is 1. The second-order valence-electron chi connectivity index (χ2n) is 8.02. The molecule has 3 aliphatic heterocycles. The summed E-state index contributed by atoms with van der Waals surface area (Å²) in [5, 5.41) is 6.38. The lowest BCUT2D eigenvalue weighted by atomic mass is 10.0. The van der Waals surface area contributed by atoms with Gasteiger partial charge in [-0.2, -0.15) is 5.01 Å². The number of carbonyl (C=O) groups excluding carboxylic acids is 1. The second-order valence-corrected chi connectivity index (χ2v) is 8.46. The Hall–Kier alpha value is -4.14. The first kappa shape index (κ1) is 20.3. The van der Waals surface area contributed by atoms with Crippen molar-refractivity contribution < 1.29 is 10.6 Å². The SMILES string of the molecule is [2H]C1=C2N=CC=CN2N([C@@H]2N=C(c3ccccc3)c3cccc(F)c3NC2=O)C1c1cncc(Cl)c1. The largest absolute Gasteiger partial charge is 0.320 e. The van der Waals surface area contributed by atoms with Gasteiger partial charge in [-0.15, -0.1) is 0 Å². The average molecular weight is 486 g/mol. The number of rotatable bonds is 3. The van der Waals surface area contributed by atoms with Crippen LogP contribution in [0.1, 0.15) is 24.1 Å². The molecule has 7 nitrogen and oxygen atoms in total. The third kappa shape index (κ3) is 3.73. The number of hydrogen-bond donors (Lipinski definition) is 1. The predicted octanol–water partition coefficient (Wildman–Crippen LogP) is 4.70. The molecule has 35 heavy (non-hydrogen) atoms. The molecule has 9 heteroatoms. The van der Waals surface area contributed by atoms with E-state index in [-0.39, 0.29) is 11.7 Å². The van der Waals surface area contributed by atoms with Crippen LogP contribution in [0.25, 0.3) is 0 Å². The van der Waals surface area contributed by atoms with Gasteiger partial charge in [-0.1, -0.05) is 54.1 Å². The minimum Gasteiger partial charge on any atom is -0.320 e. The van der Waals surface area contributed by atoms with Crippen molar-refractivity contribution in [3.05, 3.63) is 119 Å². The summed E-state index contributed by atoms with van der Waals surface area (Å²) in [5.74, 6) is -0.770. The number of carbonyl (C=O) groups is 1. The molecule has 0 fully saturated rings. The molecule has 0 saturated heterocycles. The van der Waals surface area contributed by atoms with Crippen LogP contribution in [0.5, 0.6) is 0 Å². The van der Waals surface area contributed by atoms with Crippen LogP contribution < -0.4 is 5.32 Å². The lowest BCUT2D eigenvalue weighted by molar-refractivity contribution is -0.126. The maximum Gasteiger partial charge on any atom is 0.266 e. The third-order valence-electron chi connectivity index (χ3n) is 5.85. The van der Waals surface area contributed by atoms with E-state index in [0.717, 1.165) is 5.56 Å². The van der Waals surface area contributed by atoms with Crippen molar-refractivity contribution in [2.24, 2.45) is 9.98 Å². The molecule has 1 amide bonds. The molecule has 0 aliphatic carbocycles. The van der Waals surface area contributed by atoms with Crippen LogP contribution in [0, 0.1) is 5.82 Å². The number of benzodiazepines with no additional fused rings is 1. The number of aromatic nitrogens is 1. The number of hydrazine groups is 1. The monoisotopic (exact) mass is 485 g/mol. The topological polar surface area (TPSA) is 73.2 Å². The van der Waals surface area contributed by atoms with Crippen LogP contribution in [0.2, 0.25) is 5.02 Å². The van der Waals surface area contributed by atoms with E-state index >= 15 is 0 Å². The van der Waals surface area contributed by atoms with E-state index in [1.165, 1.54) is 12.3 Å². The van der Waals surface area contributed by atoms with Crippen LogP contribution in [0.4, 0.5) is 10.1 Å². The molecule has 1 N–H and O–H groups in total. The van der Waals surface area contributed by atoms with Crippen molar-refractivity contribution in [3.63, 3.8) is 0 Å². The van der Waals surface area contributed by atoms with E-state index in [1.807, 2.05) is 30.3 Å². The number of nitrogens with one attached hydrogen (secondary N) is 1. The molecule has 6 rings (SSSR count). The summed E-state index contributed by atoms with van der Waals surface area (Å²) in [6, 6.07) is 15.0. The van der Waals surface area contributed by atoms with E-state index in [1.54, 1.807) is 52.9 Å². The molecule has 0 saturated carbocycles. The van der Waals surface area contributed by atoms with E-state index in [9.17, 15) is 9.18 Å². The molecule has 0 spiro atoms. The Morgan fingerprint density at radius 2 is 1.97 bits per heavy atom. The summed E-state index contributed by atoms with van der Waals surface area (Å²) in [6.07, 6.45) is 6.90. The zero-order valence-corrected chi connectivity index (χ0v) is 18.9. The Morgan fingerprint density at radius 1 is 1.11 bits per heavy atom. The number of fused-ring (bicyclic) bond motifs is 2. The van der Waals surface area contributed by atoms with Crippen LogP contribution in [0.15, 0.2) is 101 Å². The number of allylic oxidation sites excluding steroid dienone is 1. The standard InChI is InChI=1S/C26H18ClFN6O/c27-18-12-17(14-29-15-18)21-13-22-30-10-5-11-33(22)34(21)25-26(35)32-24-19(8-4-9-20(24)28)23(31-25)16-6-2-1-3-7-16/h1-15,21,25H,(H,32,35)/t21?,25-/m0/s1/i13D. The Labute approximate surface area is 207 Å². The van der Waals surface area contributed by atoms with Gasteiger partial charge in [-0.25, -0.2) is 9.38 Å². The summed E-state index contributed by atoms with van der Waals surface area (Å²) < 4.78 is 23.9. The molecule has 4 heterocycles. The Kier molecular flexibility index (Phi) is 4.96. The number of hydrogen-bond acceptors (Lipinski definition) is 6. The minimum absolute atomic E-state index is 0.0549. The van der Waals surface area contributed by atoms with Crippen molar-refractivity contribution in [2.45, 2.75) is 12.2 Å². The van der Waals surface area contributed by atoms with Crippen LogP contribution in [-0.4, -0.2) is 39.0 Å². The molecule has 1 unspecified atom stereocenters. The van der Waals surface area contributed by atoms with E-state index in [0.29, 0.717) is 27.7 Å². The normalized spacial score (nSPS) is 21.8. The van der Waals surface area contributed by atoms with Crippen molar-refractivity contribution in [2.75, 3.05) is 5.32 Å². The van der Waals surface area contributed by atoms with Crippen LogP contribution in [0.3, 0.4) is 0 Å². The molecular weight excluding hydrogens is 467 g/mol. The first-order chi connectivity index (χ1) is 17.5. The Balaban J connectivity index is 1.56. The number of halogens is 2. The number of aliphatic imine (C=N–C) groups is 2. The van der Waals surface area contributed by atoms with Gasteiger partial charge in [0, 0.05) is 35.9 Å². The van der Waals surface area contributed by atoms with Gasteiger partial charge in [0.15, 0.2) is 6.17 Å². The minimum atomic E-state index is -1.17. The molecule has 3 aliphatic rings.